The molecule has 0 spiro atoms. The van der Waals surface area contributed by atoms with Crippen molar-refractivity contribution in [3.05, 3.63) is 24.4 Å². The van der Waals surface area contributed by atoms with Gasteiger partial charge in [-0.1, -0.05) is 6.07 Å². The van der Waals surface area contributed by atoms with Crippen LogP contribution in [0.1, 0.15) is 13.3 Å². The number of carbonyl (C=O) groups excluding carboxylic acids is 2. The lowest BCUT2D eigenvalue weighted by molar-refractivity contribution is -0.131. The van der Waals surface area contributed by atoms with Gasteiger partial charge >= 0.3 is 0 Å². The number of amides is 2. The van der Waals surface area contributed by atoms with Crippen LogP contribution < -0.4 is 16.0 Å². The number of nitrogens with one attached hydrogen (secondary N) is 1. The highest BCUT2D eigenvalue weighted by atomic mass is 35.5. The first-order valence-corrected chi connectivity index (χ1v) is 7.55. The summed E-state index contributed by atoms with van der Waals surface area (Å²) in [5, 5.41) is 2.65. The molecule has 1 aliphatic rings. The first kappa shape index (κ1) is 19.2. The summed E-state index contributed by atoms with van der Waals surface area (Å²) < 4.78 is 0. The van der Waals surface area contributed by atoms with Gasteiger partial charge in [-0.2, -0.15) is 0 Å². The largest absolute Gasteiger partial charge is 0.354 e. The standard InChI is InChI=1S/C15H23N5O2.ClH/c1-12(16)15(22)18-7-5-14(21)20-10-8-19(9-11-20)13-4-2-3-6-17-13;/h2-4,6,12H,5,7-11,16H2,1H3,(H,18,22);1H. The van der Waals surface area contributed by atoms with Crippen molar-refractivity contribution in [2.75, 3.05) is 37.6 Å². The van der Waals surface area contributed by atoms with E-state index >= 15 is 0 Å². The summed E-state index contributed by atoms with van der Waals surface area (Å²) in [4.78, 5) is 31.7. The monoisotopic (exact) mass is 341 g/mol. The van der Waals surface area contributed by atoms with E-state index < -0.39 is 6.04 Å². The average Bonchev–Trinajstić information content (AvgIpc) is 2.55. The Balaban J connectivity index is 0.00000264. The van der Waals surface area contributed by atoms with Gasteiger partial charge in [0.25, 0.3) is 0 Å². The van der Waals surface area contributed by atoms with Crippen molar-refractivity contribution >= 4 is 30.0 Å². The van der Waals surface area contributed by atoms with Crippen LogP contribution in [0.5, 0.6) is 0 Å². The fourth-order valence-electron chi connectivity index (χ4n) is 2.34. The molecular weight excluding hydrogens is 318 g/mol. The Morgan fingerprint density at radius 1 is 1.30 bits per heavy atom. The van der Waals surface area contributed by atoms with Gasteiger partial charge in [-0.3, -0.25) is 9.59 Å². The van der Waals surface area contributed by atoms with Crippen molar-refractivity contribution in [1.82, 2.24) is 15.2 Å². The lowest BCUT2D eigenvalue weighted by atomic mass is 10.2. The van der Waals surface area contributed by atoms with E-state index in [0.717, 1.165) is 18.9 Å². The molecule has 0 radical (unpaired) electrons. The topological polar surface area (TPSA) is 91.6 Å². The maximum absolute atomic E-state index is 12.1. The molecule has 2 rings (SSSR count). The number of aromatic nitrogens is 1. The van der Waals surface area contributed by atoms with Crippen LogP contribution in [0, 0.1) is 0 Å². The third kappa shape index (κ3) is 5.69. The zero-order valence-corrected chi connectivity index (χ0v) is 14.1. The highest BCUT2D eigenvalue weighted by Crippen LogP contribution is 2.12. The number of anilines is 1. The van der Waals surface area contributed by atoms with Crippen LogP contribution in [-0.2, 0) is 9.59 Å². The minimum absolute atomic E-state index is 0. The summed E-state index contributed by atoms with van der Waals surface area (Å²) in [6.45, 7) is 4.85. The molecule has 128 valence electrons. The van der Waals surface area contributed by atoms with Crippen molar-refractivity contribution < 1.29 is 9.59 Å². The highest BCUT2D eigenvalue weighted by Gasteiger charge is 2.21. The van der Waals surface area contributed by atoms with E-state index in [0.29, 0.717) is 26.1 Å². The van der Waals surface area contributed by atoms with E-state index in [1.165, 1.54) is 0 Å². The van der Waals surface area contributed by atoms with E-state index in [1.807, 2.05) is 23.1 Å². The second-order valence-electron chi connectivity index (χ2n) is 5.39. The average molecular weight is 342 g/mol. The van der Waals surface area contributed by atoms with Gasteiger partial charge in [0, 0.05) is 45.3 Å². The molecule has 0 aromatic carbocycles. The van der Waals surface area contributed by atoms with Crippen molar-refractivity contribution in [1.29, 1.82) is 0 Å². The van der Waals surface area contributed by atoms with Crippen LogP contribution in [0.25, 0.3) is 0 Å². The normalized spacial score (nSPS) is 15.6. The van der Waals surface area contributed by atoms with Gasteiger partial charge in [0.2, 0.25) is 11.8 Å². The highest BCUT2D eigenvalue weighted by molar-refractivity contribution is 5.85. The molecule has 1 aromatic rings. The first-order valence-electron chi connectivity index (χ1n) is 7.55. The van der Waals surface area contributed by atoms with Crippen LogP contribution in [-0.4, -0.2) is 60.5 Å². The molecule has 1 aromatic heterocycles. The Kier molecular flexibility index (Phi) is 7.77. The second-order valence-corrected chi connectivity index (χ2v) is 5.39. The molecular formula is C15H24ClN5O2. The summed E-state index contributed by atoms with van der Waals surface area (Å²) in [5.74, 6) is 0.775. The zero-order valence-electron chi connectivity index (χ0n) is 13.3. The Hall–Kier alpha value is -1.86. The van der Waals surface area contributed by atoms with E-state index in [1.54, 1.807) is 13.1 Å². The molecule has 0 aliphatic carbocycles. The zero-order chi connectivity index (χ0) is 15.9. The van der Waals surface area contributed by atoms with Gasteiger partial charge in [0.05, 0.1) is 6.04 Å². The van der Waals surface area contributed by atoms with Crippen LogP contribution >= 0.6 is 12.4 Å². The van der Waals surface area contributed by atoms with Gasteiger partial charge in [0.1, 0.15) is 5.82 Å². The van der Waals surface area contributed by atoms with E-state index in [2.05, 4.69) is 15.2 Å². The molecule has 1 unspecified atom stereocenters. The molecule has 0 bridgehead atoms. The Bertz CT molecular complexity index is 504. The smallest absolute Gasteiger partial charge is 0.236 e. The quantitative estimate of drug-likeness (QED) is 0.787. The lowest BCUT2D eigenvalue weighted by Gasteiger charge is -2.35. The maximum Gasteiger partial charge on any atom is 0.236 e. The van der Waals surface area contributed by atoms with Gasteiger partial charge in [-0.15, -0.1) is 12.4 Å². The molecule has 2 heterocycles. The van der Waals surface area contributed by atoms with E-state index in [9.17, 15) is 9.59 Å². The second kappa shape index (κ2) is 9.32. The number of halogens is 1. The number of nitrogens with zero attached hydrogens (tertiary/aromatic N) is 3. The summed E-state index contributed by atoms with van der Waals surface area (Å²) in [5.41, 5.74) is 5.45. The van der Waals surface area contributed by atoms with Gasteiger partial charge < -0.3 is 20.9 Å². The Labute approximate surface area is 142 Å². The van der Waals surface area contributed by atoms with Gasteiger partial charge in [-0.05, 0) is 19.1 Å². The van der Waals surface area contributed by atoms with Crippen LogP contribution in [0.15, 0.2) is 24.4 Å². The number of rotatable bonds is 5. The van der Waals surface area contributed by atoms with Gasteiger partial charge in [0.15, 0.2) is 0 Å². The molecule has 23 heavy (non-hydrogen) atoms. The van der Waals surface area contributed by atoms with Crippen molar-refractivity contribution in [3.63, 3.8) is 0 Å². The minimum Gasteiger partial charge on any atom is -0.354 e. The maximum atomic E-state index is 12.1. The fourth-order valence-corrected chi connectivity index (χ4v) is 2.34. The number of pyridine rings is 1. The lowest BCUT2D eigenvalue weighted by Crippen LogP contribution is -2.49. The molecule has 3 N–H and O–H groups in total. The number of hydrogen-bond donors (Lipinski definition) is 2. The fraction of sp³-hybridized carbons (Fsp3) is 0.533. The summed E-state index contributed by atoms with van der Waals surface area (Å²) >= 11 is 0. The molecule has 7 nitrogen and oxygen atoms in total. The SMILES string of the molecule is CC(N)C(=O)NCCC(=O)N1CCN(c2ccccn2)CC1.Cl. The number of carbonyl (C=O) groups is 2. The predicted octanol–water partition coefficient (Wildman–Crippen LogP) is 0.00550. The molecule has 2 amide bonds. The first-order chi connectivity index (χ1) is 10.6. The summed E-state index contributed by atoms with van der Waals surface area (Å²) in [6.07, 6.45) is 2.08. The Morgan fingerprint density at radius 2 is 2.00 bits per heavy atom. The molecule has 8 heteroatoms. The van der Waals surface area contributed by atoms with Crippen molar-refractivity contribution in [3.8, 4) is 0 Å². The molecule has 1 saturated heterocycles. The van der Waals surface area contributed by atoms with Crippen molar-refractivity contribution in [2.24, 2.45) is 5.73 Å². The van der Waals surface area contributed by atoms with Crippen LogP contribution in [0.4, 0.5) is 5.82 Å². The summed E-state index contributed by atoms with van der Waals surface area (Å²) in [7, 11) is 0. The van der Waals surface area contributed by atoms with Gasteiger partial charge in [-0.25, -0.2) is 4.98 Å². The number of nitrogens with two attached hydrogens (primary N) is 1. The van der Waals surface area contributed by atoms with Crippen LogP contribution in [0.3, 0.4) is 0 Å². The predicted molar refractivity (Wildman–Crippen MR) is 91.6 cm³/mol. The summed E-state index contributed by atoms with van der Waals surface area (Å²) in [6, 6.07) is 5.28. The minimum atomic E-state index is -0.544. The molecule has 0 saturated carbocycles. The van der Waals surface area contributed by atoms with E-state index in [-0.39, 0.29) is 24.2 Å². The Morgan fingerprint density at radius 3 is 2.57 bits per heavy atom. The third-order valence-electron chi connectivity index (χ3n) is 3.66. The molecule has 1 atom stereocenters. The number of hydrogen-bond acceptors (Lipinski definition) is 5. The van der Waals surface area contributed by atoms with Crippen LogP contribution in [0.2, 0.25) is 0 Å². The van der Waals surface area contributed by atoms with Crippen molar-refractivity contribution in [2.45, 2.75) is 19.4 Å². The number of piperazine rings is 1. The molecule has 1 fully saturated rings. The van der Waals surface area contributed by atoms with E-state index in [4.69, 9.17) is 5.73 Å². The molecule has 1 aliphatic heterocycles. The third-order valence-corrected chi connectivity index (χ3v) is 3.66.